The first-order valence-corrected chi connectivity index (χ1v) is 5.06. The van der Waals surface area contributed by atoms with Crippen molar-refractivity contribution in [1.29, 1.82) is 0 Å². The number of rotatable bonds is 1. The molecule has 0 spiro atoms. The highest BCUT2D eigenvalue weighted by Crippen LogP contribution is 2.30. The first kappa shape index (κ1) is 9.31. The molecule has 1 aliphatic carbocycles. The maximum absolute atomic E-state index is 11.1. The van der Waals surface area contributed by atoms with Gasteiger partial charge in [0.05, 0.1) is 0 Å². The van der Waals surface area contributed by atoms with E-state index in [0.29, 0.717) is 11.7 Å². The zero-order valence-electron chi connectivity index (χ0n) is 8.36. The van der Waals surface area contributed by atoms with Crippen molar-refractivity contribution < 1.29 is 4.79 Å². The minimum Gasteiger partial charge on any atom is -0.300 e. The van der Waals surface area contributed by atoms with E-state index < -0.39 is 0 Å². The lowest BCUT2D eigenvalue weighted by Crippen LogP contribution is -2.12. The molecule has 2 rings (SSSR count). The van der Waals surface area contributed by atoms with Crippen LogP contribution >= 0.6 is 0 Å². The summed E-state index contributed by atoms with van der Waals surface area (Å²) in [5.74, 6) is 1.70. The molecule has 74 valence electrons. The van der Waals surface area contributed by atoms with Crippen LogP contribution in [-0.4, -0.2) is 15.8 Å². The van der Waals surface area contributed by atoms with Gasteiger partial charge in [0.25, 0.3) is 0 Å². The molecule has 3 nitrogen and oxygen atoms in total. The molecule has 0 saturated heterocycles. The summed E-state index contributed by atoms with van der Waals surface area (Å²) in [4.78, 5) is 19.4. The van der Waals surface area contributed by atoms with Crippen molar-refractivity contribution >= 4 is 5.78 Å². The molecule has 0 bridgehead atoms. The Morgan fingerprint density at radius 3 is 2.36 bits per heavy atom. The van der Waals surface area contributed by atoms with Crippen LogP contribution in [0.15, 0.2) is 12.4 Å². The molecule has 0 aromatic carbocycles. The fraction of sp³-hybridized carbons (Fsp3) is 0.545. The molecule has 1 aromatic rings. The van der Waals surface area contributed by atoms with Gasteiger partial charge in [0.15, 0.2) is 0 Å². The lowest BCUT2D eigenvalue weighted by molar-refractivity contribution is -0.120. The zero-order valence-corrected chi connectivity index (χ0v) is 8.36. The van der Waals surface area contributed by atoms with E-state index in [0.717, 1.165) is 31.5 Å². The lowest BCUT2D eigenvalue weighted by atomic mass is 9.85. The Bertz CT molecular complexity index is 322. The largest absolute Gasteiger partial charge is 0.300 e. The van der Waals surface area contributed by atoms with Gasteiger partial charge in [0, 0.05) is 25.2 Å². The maximum atomic E-state index is 11.1. The highest BCUT2D eigenvalue weighted by molar-refractivity contribution is 5.79. The summed E-state index contributed by atoms with van der Waals surface area (Å²) in [5, 5.41) is 0. The smallest absolute Gasteiger partial charge is 0.132 e. The summed E-state index contributed by atoms with van der Waals surface area (Å²) < 4.78 is 0. The van der Waals surface area contributed by atoms with Crippen LogP contribution in [0.2, 0.25) is 0 Å². The van der Waals surface area contributed by atoms with Crippen LogP contribution in [0.25, 0.3) is 0 Å². The van der Waals surface area contributed by atoms with Gasteiger partial charge in [-0.2, -0.15) is 0 Å². The Morgan fingerprint density at radius 2 is 1.79 bits per heavy atom. The molecule has 1 aliphatic rings. The number of ketones is 1. The number of hydrogen-bond acceptors (Lipinski definition) is 3. The highest BCUT2D eigenvalue weighted by Gasteiger charge is 2.20. The van der Waals surface area contributed by atoms with E-state index in [1.54, 1.807) is 0 Å². The van der Waals surface area contributed by atoms with Gasteiger partial charge in [-0.05, 0) is 31.2 Å². The minimum absolute atomic E-state index is 0.397. The first-order chi connectivity index (χ1) is 6.75. The van der Waals surface area contributed by atoms with Crippen LogP contribution in [0.5, 0.6) is 0 Å². The average Bonchev–Trinajstić information content (AvgIpc) is 2.21. The van der Waals surface area contributed by atoms with Gasteiger partial charge in [-0.15, -0.1) is 0 Å². The molecule has 0 N–H and O–H groups in total. The molecule has 1 aromatic heterocycles. The number of carbonyl (C=O) groups excluding carboxylic acids is 1. The zero-order chi connectivity index (χ0) is 9.97. The third kappa shape index (κ3) is 1.97. The number of aromatic nitrogens is 2. The van der Waals surface area contributed by atoms with Gasteiger partial charge >= 0.3 is 0 Å². The van der Waals surface area contributed by atoms with Crippen LogP contribution < -0.4 is 0 Å². The predicted octanol–water partition coefficient (Wildman–Crippen LogP) is 2.01. The SMILES string of the molecule is Cc1ncc(C2CCC(=O)CC2)cn1. The third-order valence-corrected chi connectivity index (χ3v) is 2.82. The fourth-order valence-corrected chi connectivity index (χ4v) is 1.89. The molecular weight excluding hydrogens is 176 g/mol. The van der Waals surface area contributed by atoms with Gasteiger partial charge in [-0.1, -0.05) is 0 Å². The van der Waals surface area contributed by atoms with Crippen LogP contribution in [0.4, 0.5) is 0 Å². The van der Waals surface area contributed by atoms with Crippen LogP contribution in [0.1, 0.15) is 43.0 Å². The summed E-state index contributed by atoms with van der Waals surface area (Å²) in [7, 11) is 0. The Hall–Kier alpha value is -1.25. The Morgan fingerprint density at radius 1 is 1.21 bits per heavy atom. The normalized spacial score (nSPS) is 18.5. The molecule has 3 heteroatoms. The summed E-state index contributed by atoms with van der Waals surface area (Å²) in [6.45, 7) is 1.88. The second-order valence-corrected chi connectivity index (χ2v) is 3.88. The number of Topliss-reactive ketones (excluding diaryl/α,β-unsaturated/α-hetero) is 1. The molecule has 0 radical (unpaired) electrons. The number of hydrogen-bond donors (Lipinski definition) is 0. The molecule has 1 fully saturated rings. The number of aryl methyl sites for hydroxylation is 1. The van der Waals surface area contributed by atoms with Gasteiger partial charge in [0.2, 0.25) is 0 Å². The van der Waals surface area contributed by atoms with Crippen molar-refractivity contribution in [1.82, 2.24) is 9.97 Å². The van der Waals surface area contributed by atoms with Crippen LogP contribution in [-0.2, 0) is 4.79 Å². The van der Waals surface area contributed by atoms with Crippen LogP contribution in [0, 0.1) is 6.92 Å². The van der Waals surface area contributed by atoms with Crippen molar-refractivity contribution in [2.24, 2.45) is 0 Å². The molecular formula is C11H14N2O. The molecule has 0 amide bonds. The maximum Gasteiger partial charge on any atom is 0.132 e. The van der Waals surface area contributed by atoms with Crippen molar-refractivity contribution in [2.45, 2.75) is 38.5 Å². The Kier molecular flexibility index (Phi) is 2.57. The lowest BCUT2D eigenvalue weighted by Gasteiger charge is -2.20. The average molecular weight is 190 g/mol. The van der Waals surface area contributed by atoms with Crippen molar-refractivity contribution in [3.63, 3.8) is 0 Å². The minimum atomic E-state index is 0.397. The standard InChI is InChI=1S/C11H14N2O/c1-8-12-6-10(7-13-8)9-2-4-11(14)5-3-9/h6-7,9H,2-5H2,1H3. The third-order valence-electron chi connectivity index (χ3n) is 2.82. The quantitative estimate of drug-likeness (QED) is 0.680. The van der Waals surface area contributed by atoms with E-state index in [-0.39, 0.29) is 0 Å². The van der Waals surface area contributed by atoms with E-state index in [1.807, 2.05) is 19.3 Å². The Balaban J connectivity index is 2.08. The summed E-state index contributed by atoms with van der Waals surface area (Å²) in [6.07, 6.45) is 7.15. The second-order valence-electron chi connectivity index (χ2n) is 3.88. The van der Waals surface area contributed by atoms with Gasteiger partial charge in [0.1, 0.15) is 11.6 Å². The van der Waals surface area contributed by atoms with E-state index in [4.69, 9.17) is 0 Å². The van der Waals surface area contributed by atoms with Crippen molar-refractivity contribution in [3.05, 3.63) is 23.8 Å². The molecule has 1 heterocycles. The van der Waals surface area contributed by atoms with Crippen molar-refractivity contribution in [3.8, 4) is 0 Å². The first-order valence-electron chi connectivity index (χ1n) is 5.06. The molecule has 0 unspecified atom stereocenters. The summed E-state index contributed by atoms with van der Waals surface area (Å²) in [6, 6.07) is 0. The van der Waals surface area contributed by atoms with Gasteiger partial charge < -0.3 is 0 Å². The van der Waals surface area contributed by atoms with E-state index >= 15 is 0 Å². The van der Waals surface area contributed by atoms with E-state index in [2.05, 4.69) is 9.97 Å². The summed E-state index contributed by atoms with van der Waals surface area (Å²) in [5.41, 5.74) is 1.18. The molecule has 14 heavy (non-hydrogen) atoms. The topological polar surface area (TPSA) is 42.9 Å². The number of nitrogens with zero attached hydrogens (tertiary/aromatic N) is 2. The summed E-state index contributed by atoms with van der Waals surface area (Å²) >= 11 is 0. The van der Waals surface area contributed by atoms with Crippen molar-refractivity contribution in [2.75, 3.05) is 0 Å². The van der Waals surface area contributed by atoms with E-state index in [9.17, 15) is 4.79 Å². The van der Waals surface area contributed by atoms with Gasteiger partial charge in [-0.25, -0.2) is 9.97 Å². The molecule has 1 saturated carbocycles. The van der Waals surface area contributed by atoms with Crippen LogP contribution in [0.3, 0.4) is 0 Å². The molecule has 0 aliphatic heterocycles. The number of carbonyl (C=O) groups is 1. The predicted molar refractivity (Wildman–Crippen MR) is 53.0 cm³/mol. The van der Waals surface area contributed by atoms with E-state index in [1.165, 1.54) is 5.56 Å². The second kappa shape index (κ2) is 3.86. The highest BCUT2D eigenvalue weighted by atomic mass is 16.1. The Labute approximate surface area is 83.6 Å². The monoisotopic (exact) mass is 190 g/mol. The fourth-order valence-electron chi connectivity index (χ4n) is 1.89. The molecule has 0 atom stereocenters. The van der Waals surface area contributed by atoms with Gasteiger partial charge in [-0.3, -0.25) is 4.79 Å².